The Morgan fingerprint density at radius 1 is 1.27 bits per heavy atom. The third-order valence-electron chi connectivity index (χ3n) is 3.05. The molecular weight excluding hydrogens is 188 g/mol. The van der Waals surface area contributed by atoms with Gasteiger partial charge in [-0.15, -0.1) is 0 Å². The Kier molecular flexibility index (Phi) is 5.69. The molecule has 0 bridgehead atoms. The van der Waals surface area contributed by atoms with Crippen molar-refractivity contribution in [2.75, 3.05) is 6.54 Å². The molecule has 1 rings (SSSR count). The normalized spacial score (nSPS) is 25.1. The minimum Gasteiger partial charge on any atom is -0.244 e. The van der Waals surface area contributed by atoms with Crippen molar-refractivity contribution < 1.29 is 4.79 Å². The van der Waals surface area contributed by atoms with E-state index in [1.807, 2.05) is 0 Å². The molecule has 1 saturated carbocycles. The van der Waals surface area contributed by atoms with Crippen LogP contribution in [0, 0.1) is 5.92 Å². The quantitative estimate of drug-likeness (QED) is 0.387. The van der Waals surface area contributed by atoms with Crippen LogP contribution in [0.25, 0.3) is 0 Å². The van der Waals surface area contributed by atoms with Crippen molar-refractivity contribution in [1.29, 1.82) is 0 Å². The molecule has 1 aliphatic rings. The molecule has 0 saturated heterocycles. The van der Waals surface area contributed by atoms with E-state index in [9.17, 15) is 4.79 Å². The smallest absolute Gasteiger partial charge is 0.235 e. The molecule has 3 heteroatoms. The summed E-state index contributed by atoms with van der Waals surface area (Å²) in [6, 6.07) is 0.241. The van der Waals surface area contributed by atoms with Gasteiger partial charge in [0.05, 0.1) is 6.04 Å². The van der Waals surface area contributed by atoms with Crippen molar-refractivity contribution in [3.8, 4) is 0 Å². The third-order valence-corrected chi connectivity index (χ3v) is 3.05. The molecular formula is C12H18N2O. The van der Waals surface area contributed by atoms with E-state index in [-0.39, 0.29) is 6.04 Å². The van der Waals surface area contributed by atoms with Crippen molar-refractivity contribution in [2.24, 2.45) is 15.9 Å². The molecule has 1 aliphatic carbocycles. The van der Waals surface area contributed by atoms with Gasteiger partial charge in [-0.05, 0) is 56.9 Å². The number of hydrogen-bond donors (Lipinski definition) is 0. The molecule has 0 radical (unpaired) electrons. The van der Waals surface area contributed by atoms with Crippen LogP contribution in [0.1, 0.15) is 38.5 Å². The van der Waals surface area contributed by atoms with Crippen LogP contribution < -0.4 is 0 Å². The molecule has 0 atom stereocenters. The molecule has 0 amide bonds. The van der Waals surface area contributed by atoms with Crippen LogP contribution in [0.2, 0.25) is 0 Å². The zero-order chi connectivity index (χ0) is 10.9. The van der Waals surface area contributed by atoms with E-state index < -0.39 is 0 Å². The molecule has 0 aromatic rings. The Bertz CT molecular complexity index is 265. The zero-order valence-corrected chi connectivity index (χ0v) is 9.11. The fraction of sp³-hybridized carbons (Fsp3) is 0.750. The van der Waals surface area contributed by atoms with Crippen molar-refractivity contribution >= 4 is 11.9 Å². The van der Waals surface area contributed by atoms with Crippen LogP contribution >= 0.6 is 0 Å². The van der Waals surface area contributed by atoms with Gasteiger partial charge in [0.25, 0.3) is 0 Å². The lowest BCUT2D eigenvalue weighted by molar-refractivity contribution is 0.307. The van der Waals surface area contributed by atoms with Crippen LogP contribution in [-0.4, -0.2) is 24.5 Å². The average Bonchev–Trinajstić information content (AvgIpc) is 2.27. The first kappa shape index (κ1) is 11.9. The van der Waals surface area contributed by atoms with E-state index in [2.05, 4.69) is 22.4 Å². The number of nitrogens with zero attached hydrogens (tertiary/aromatic N) is 2. The number of carbonyl (C=O) groups excluding carboxylic acids is 1. The van der Waals surface area contributed by atoms with Gasteiger partial charge in [-0.2, -0.15) is 0 Å². The van der Waals surface area contributed by atoms with Gasteiger partial charge in [0.15, 0.2) is 0 Å². The number of isocyanates is 1. The largest absolute Gasteiger partial charge is 0.244 e. The monoisotopic (exact) mass is 206 g/mol. The summed E-state index contributed by atoms with van der Waals surface area (Å²) < 4.78 is 0. The first-order chi connectivity index (χ1) is 7.36. The summed E-state index contributed by atoms with van der Waals surface area (Å²) in [5, 5.41) is 0. The topological polar surface area (TPSA) is 41.8 Å². The second kappa shape index (κ2) is 7.17. The second-order valence-electron chi connectivity index (χ2n) is 4.08. The van der Waals surface area contributed by atoms with Crippen LogP contribution in [0.5, 0.6) is 0 Å². The van der Waals surface area contributed by atoms with Crippen LogP contribution in [-0.2, 0) is 4.79 Å². The van der Waals surface area contributed by atoms with E-state index >= 15 is 0 Å². The molecule has 82 valence electrons. The summed E-state index contributed by atoms with van der Waals surface area (Å²) >= 11 is 0. The van der Waals surface area contributed by atoms with Gasteiger partial charge in [0, 0.05) is 6.54 Å². The Morgan fingerprint density at radius 2 is 2.00 bits per heavy atom. The maximum Gasteiger partial charge on any atom is 0.235 e. The third kappa shape index (κ3) is 4.73. The van der Waals surface area contributed by atoms with E-state index in [1.165, 1.54) is 19.3 Å². The summed E-state index contributed by atoms with van der Waals surface area (Å²) in [5.74, 6) is 3.34. The molecule has 0 heterocycles. The molecule has 0 spiro atoms. The Balaban J connectivity index is 2.14. The highest BCUT2D eigenvalue weighted by Crippen LogP contribution is 2.29. The molecule has 15 heavy (non-hydrogen) atoms. The molecule has 3 nitrogen and oxygen atoms in total. The van der Waals surface area contributed by atoms with E-state index in [4.69, 9.17) is 0 Å². The Hall–Kier alpha value is -1.17. The molecule has 0 aromatic heterocycles. The second-order valence-corrected chi connectivity index (χ2v) is 4.08. The highest BCUT2D eigenvalue weighted by Gasteiger charge is 2.19. The summed E-state index contributed by atoms with van der Waals surface area (Å²) in [7, 11) is 0. The van der Waals surface area contributed by atoms with Crippen molar-refractivity contribution in [3.63, 3.8) is 0 Å². The Labute approximate surface area is 91.0 Å². The maximum absolute atomic E-state index is 10.1. The standard InChI is InChI=1S/C12H18N2O/c1-2-13-9-3-4-11-5-7-12(8-6-11)14-10-15/h11-12H,1,3-9H2. The predicted molar refractivity (Wildman–Crippen MR) is 61.0 cm³/mol. The highest BCUT2D eigenvalue weighted by molar-refractivity contribution is 5.46. The summed E-state index contributed by atoms with van der Waals surface area (Å²) in [6.45, 7) is 4.28. The molecule has 1 fully saturated rings. The minimum absolute atomic E-state index is 0.241. The van der Waals surface area contributed by atoms with E-state index in [0.717, 1.165) is 31.7 Å². The van der Waals surface area contributed by atoms with Gasteiger partial charge in [0.2, 0.25) is 6.08 Å². The maximum atomic E-state index is 10.1. The summed E-state index contributed by atoms with van der Waals surface area (Å²) in [4.78, 5) is 17.8. The SMILES string of the molecule is C=C=NCCCC1CCC(N=C=O)CC1. The van der Waals surface area contributed by atoms with Crippen LogP contribution in [0.15, 0.2) is 16.6 Å². The predicted octanol–water partition coefficient (Wildman–Crippen LogP) is 2.52. The minimum atomic E-state index is 0.241. The van der Waals surface area contributed by atoms with Gasteiger partial charge < -0.3 is 0 Å². The number of aliphatic imine (C=N–C) groups is 2. The first-order valence-corrected chi connectivity index (χ1v) is 5.62. The fourth-order valence-corrected chi connectivity index (χ4v) is 2.18. The number of hydrogen-bond acceptors (Lipinski definition) is 3. The van der Waals surface area contributed by atoms with Crippen LogP contribution in [0.3, 0.4) is 0 Å². The van der Waals surface area contributed by atoms with Crippen LogP contribution in [0.4, 0.5) is 0 Å². The van der Waals surface area contributed by atoms with Crippen molar-refractivity contribution in [1.82, 2.24) is 0 Å². The lowest BCUT2D eigenvalue weighted by atomic mass is 9.84. The fourth-order valence-electron chi connectivity index (χ4n) is 2.18. The van der Waals surface area contributed by atoms with Gasteiger partial charge in [-0.3, -0.25) is 0 Å². The van der Waals surface area contributed by atoms with Gasteiger partial charge >= 0.3 is 0 Å². The lowest BCUT2D eigenvalue weighted by Crippen LogP contribution is -2.17. The van der Waals surface area contributed by atoms with Crippen molar-refractivity contribution in [3.05, 3.63) is 6.58 Å². The van der Waals surface area contributed by atoms with E-state index in [0.29, 0.717) is 0 Å². The summed E-state index contributed by atoms with van der Waals surface area (Å²) in [5.41, 5.74) is 0. The average molecular weight is 206 g/mol. The summed E-state index contributed by atoms with van der Waals surface area (Å²) in [6.07, 6.45) is 8.47. The molecule has 0 aliphatic heterocycles. The van der Waals surface area contributed by atoms with Gasteiger partial charge in [-0.25, -0.2) is 14.8 Å². The lowest BCUT2D eigenvalue weighted by Gasteiger charge is -2.24. The first-order valence-electron chi connectivity index (χ1n) is 5.62. The highest BCUT2D eigenvalue weighted by atomic mass is 16.1. The molecule has 0 unspecified atom stereocenters. The van der Waals surface area contributed by atoms with E-state index in [1.54, 1.807) is 6.08 Å². The Morgan fingerprint density at radius 3 is 2.60 bits per heavy atom. The zero-order valence-electron chi connectivity index (χ0n) is 9.11. The number of rotatable bonds is 5. The molecule has 0 aromatic carbocycles. The van der Waals surface area contributed by atoms with Gasteiger partial charge in [0.1, 0.15) is 0 Å². The van der Waals surface area contributed by atoms with Gasteiger partial charge in [-0.1, -0.05) is 0 Å². The van der Waals surface area contributed by atoms with Crippen molar-refractivity contribution in [2.45, 2.75) is 44.6 Å². The molecule has 0 N–H and O–H groups in total.